The summed E-state index contributed by atoms with van der Waals surface area (Å²) in [6.07, 6.45) is 13.6. The summed E-state index contributed by atoms with van der Waals surface area (Å²) in [5.41, 5.74) is 13.9. The molecule has 0 spiro atoms. The van der Waals surface area contributed by atoms with Crippen LogP contribution in [0.15, 0.2) is 236 Å². The van der Waals surface area contributed by atoms with E-state index in [-0.39, 0.29) is 0 Å². The molecule has 0 radical (unpaired) electrons. The molecule has 2 nitrogen and oxygen atoms in total. The monoisotopic (exact) mass is 694 g/mol. The van der Waals surface area contributed by atoms with Gasteiger partial charge in [0.25, 0.3) is 0 Å². The summed E-state index contributed by atoms with van der Waals surface area (Å²) >= 11 is 0. The summed E-state index contributed by atoms with van der Waals surface area (Å²) in [6.45, 7) is 0. The molecule has 0 aliphatic heterocycles. The summed E-state index contributed by atoms with van der Waals surface area (Å²) in [5, 5.41) is 0. The van der Waals surface area contributed by atoms with Gasteiger partial charge in [0.05, 0.1) is 0 Å². The predicted octanol–water partition coefficient (Wildman–Crippen LogP) is 14.0. The Hall–Kier alpha value is -6.90. The van der Waals surface area contributed by atoms with E-state index in [1.807, 2.05) is 0 Å². The number of benzene rings is 7. The minimum Gasteiger partial charge on any atom is -0.317 e. The Morgan fingerprint density at radius 3 is 1.09 bits per heavy atom. The Labute approximate surface area is 319 Å². The number of nitrogens with zero attached hydrogens (tertiary/aromatic N) is 2. The third kappa shape index (κ3) is 7.94. The van der Waals surface area contributed by atoms with Crippen LogP contribution in [0.4, 0.5) is 22.7 Å². The maximum atomic E-state index is 2.35. The van der Waals surface area contributed by atoms with Gasteiger partial charge in [-0.1, -0.05) is 170 Å². The Kier molecular flexibility index (Phi) is 10.5. The lowest BCUT2D eigenvalue weighted by Crippen LogP contribution is -2.10. The minimum atomic E-state index is 1.05. The van der Waals surface area contributed by atoms with Crippen molar-refractivity contribution < 1.29 is 0 Å². The summed E-state index contributed by atoms with van der Waals surface area (Å²) in [6, 6.07) is 70.9. The van der Waals surface area contributed by atoms with Gasteiger partial charge in [0.15, 0.2) is 0 Å². The van der Waals surface area contributed by atoms with Crippen molar-refractivity contribution in [1.82, 2.24) is 0 Å². The lowest BCUT2D eigenvalue weighted by Gasteiger charge is -2.24. The lowest BCUT2D eigenvalue weighted by molar-refractivity contribution is 1.03. The Bertz CT molecular complexity index is 2330. The zero-order chi connectivity index (χ0) is 36.4. The topological polar surface area (TPSA) is 6.48 Å². The zero-order valence-corrected chi connectivity index (χ0v) is 30.2. The maximum Gasteiger partial charge on any atom is 0.0456 e. The summed E-state index contributed by atoms with van der Waals surface area (Å²) in [4.78, 5) is 4.59. The molecule has 0 aromatic heterocycles. The van der Waals surface area contributed by atoms with Gasteiger partial charge >= 0.3 is 0 Å². The molecule has 0 amide bonds. The van der Waals surface area contributed by atoms with Crippen molar-refractivity contribution in [3.63, 3.8) is 0 Å². The molecule has 0 atom stereocenters. The number of allylic oxidation sites excluding steroid dienone is 5. The molecule has 0 saturated heterocycles. The third-order valence-corrected chi connectivity index (χ3v) is 9.77. The summed E-state index contributed by atoms with van der Waals surface area (Å²) in [5.74, 6) is 0. The van der Waals surface area contributed by atoms with Gasteiger partial charge < -0.3 is 9.80 Å². The SMILES string of the molecule is C1=CC(/C(=C/N(c2ccccc2)c2ccc(-c3ccc(N(C=C(c4ccccc4)c4ccccc4)c4ccccc4)cc3)cc2)c2ccccc2)=CCC1. The maximum absolute atomic E-state index is 2.35. The fraction of sp³-hybridized carbons (Fsp3) is 0.0385. The van der Waals surface area contributed by atoms with E-state index in [2.05, 4.69) is 241 Å². The Morgan fingerprint density at radius 2 is 0.704 bits per heavy atom. The van der Waals surface area contributed by atoms with Gasteiger partial charge in [-0.3, -0.25) is 0 Å². The summed E-state index contributed by atoms with van der Waals surface area (Å²) in [7, 11) is 0. The molecular formula is C52H42N2. The smallest absolute Gasteiger partial charge is 0.0456 e. The second-order valence-corrected chi connectivity index (χ2v) is 13.3. The van der Waals surface area contributed by atoms with E-state index < -0.39 is 0 Å². The van der Waals surface area contributed by atoms with Crippen molar-refractivity contribution in [3.8, 4) is 11.1 Å². The van der Waals surface area contributed by atoms with Gasteiger partial charge in [0.2, 0.25) is 0 Å². The molecule has 0 fully saturated rings. The zero-order valence-electron chi connectivity index (χ0n) is 30.2. The Balaban J connectivity index is 1.14. The van der Waals surface area contributed by atoms with E-state index in [4.69, 9.17) is 0 Å². The highest BCUT2D eigenvalue weighted by atomic mass is 15.1. The quantitative estimate of drug-likeness (QED) is 0.133. The second kappa shape index (κ2) is 16.6. The van der Waals surface area contributed by atoms with Gasteiger partial charge in [-0.15, -0.1) is 0 Å². The van der Waals surface area contributed by atoms with E-state index in [0.717, 1.165) is 46.7 Å². The molecule has 1 aliphatic rings. The van der Waals surface area contributed by atoms with E-state index in [1.165, 1.54) is 33.4 Å². The number of para-hydroxylation sites is 2. The van der Waals surface area contributed by atoms with Gasteiger partial charge in [0.1, 0.15) is 0 Å². The van der Waals surface area contributed by atoms with Crippen molar-refractivity contribution in [3.05, 3.63) is 253 Å². The number of anilines is 4. The van der Waals surface area contributed by atoms with Crippen molar-refractivity contribution >= 4 is 33.9 Å². The van der Waals surface area contributed by atoms with Crippen LogP contribution in [0, 0.1) is 0 Å². The molecule has 0 bridgehead atoms. The van der Waals surface area contributed by atoms with E-state index in [0.29, 0.717) is 0 Å². The molecule has 0 unspecified atom stereocenters. The highest BCUT2D eigenvalue weighted by Gasteiger charge is 2.15. The van der Waals surface area contributed by atoms with Gasteiger partial charge in [-0.05, 0) is 94.8 Å². The van der Waals surface area contributed by atoms with Crippen molar-refractivity contribution in [2.75, 3.05) is 9.80 Å². The number of hydrogen-bond donors (Lipinski definition) is 0. The van der Waals surface area contributed by atoms with Gasteiger partial charge in [-0.2, -0.15) is 0 Å². The van der Waals surface area contributed by atoms with Crippen LogP contribution in [-0.4, -0.2) is 0 Å². The van der Waals surface area contributed by atoms with Gasteiger partial charge in [0, 0.05) is 46.3 Å². The van der Waals surface area contributed by atoms with Gasteiger partial charge in [-0.25, -0.2) is 0 Å². The van der Waals surface area contributed by atoms with Crippen LogP contribution in [0.1, 0.15) is 29.5 Å². The molecule has 0 heterocycles. The van der Waals surface area contributed by atoms with Crippen LogP contribution < -0.4 is 9.80 Å². The predicted molar refractivity (Wildman–Crippen MR) is 230 cm³/mol. The minimum absolute atomic E-state index is 1.05. The molecule has 2 heteroatoms. The fourth-order valence-electron chi connectivity index (χ4n) is 6.96. The molecule has 260 valence electrons. The van der Waals surface area contributed by atoms with Crippen molar-refractivity contribution in [1.29, 1.82) is 0 Å². The molecule has 7 aromatic rings. The van der Waals surface area contributed by atoms with Crippen molar-refractivity contribution in [2.45, 2.75) is 12.8 Å². The van der Waals surface area contributed by atoms with Crippen LogP contribution in [0.25, 0.3) is 22.3 Å². The first kappa shape index (κ1) is 34.2. The molecule has 8 rings (SSSR count). The Morgan fingerprint density at radius 1 is 0.352 bits per heavy atom. The van der Waals surface area contributed by atoms with E-state index in [9.17, 15) is 0 Å². The first-order valence-electron chi connectivity index (χ1n) is 18.7. The average Bonchev–Trinajstić information content (AvgIpc) is 3.26. The highest BCUT2D eigenvalue weighted by molar-refractivity contribution is 5.87. The lowest BCUT2D eigenvalue weighted by atomic mass is 9.94. The highest BCUT2D eigenvalue weighted by Crippen LogP contribution is 2.36. The van der Waals surface area contributed by atoms with Crippen LogP contribution in [0.5, 0.6) is 0 Å². The van der Waals surface area contributed by atoms with Crippen LogP contribution in [-0.2, 0) is 0 Å². The van der Waals surface area contributed by atoms with Crippen LogP contribution in [0.2, 0.25) is 0 Å². The molecule has 7 aromatic carbocycles. The number of rotatable bonds is 11. The van der Waals surface area contributed by atoms with Crippen LogP contribution >= 0.6 is 0 Å². The van der Waals surface area contributed by atoms with Crippen molar-refractivity contribution in [2.24, 2.45) is 0 Å². The standard InChI is InChI=1S/C52H42N2/c1-7-19-43(20-8-1)51(44-21-9-2-10-22-44)39-53(47-27-15-5-16-28-47)49-35-31-41(32-36-49)42-33-37-50(38-34-42)54(48-29-17-6-18-30-48)40-52(45-23-11-3-12-24-45)46-25-13-4-14-26-46/h1-3,5-13,15-40H,4,14H2/b52-40+. The average molecular weight is 695 g/mol. The van der Waals surface area contributed by atoms with E-state index >= 15 is 0 Å². The molecule has 0 N–H and O–H groups in total. The normalized spacial score (nSPS) is 12.4. The molecule has 54 heavy (non-hydrogen) atoms. The first-order chi connectivity index (χ1) is 26.8. The first-order valence-corrected chi connectivity index (χ1v) is 18.7. The van der Waals surface area contributed by atoms with E-state index in [1.54, 1.807) is 0 Å². The molecular weight excluding hydrogens is 653 g/mol. The third-order valence-electron chi connectivity index (χ3n) is 9.77. The van der Waals surface area contributed by atoms with Crippen LogP contribution in [0.3, 0.4) is 0 Å². The molecule has 1 aliphatic carbocycles. The fourth-order valence-corrected chi connectivity index (χ4v) is 6.96. The summed E-state index contributed by atoms with van der Waals surface area (Å²) < 4.78 is 0. The molecule has 0 saturated carbocycles. The second-order valence-electron chi connectivity index (χ2n) is 13.3. The number of hydrogen-bond acceptors (Lipinski definition) is 2. The largest absolute Gasteiger partial charge is 0.317 e.